The van der Waals surface area contributed by atoms with E-state index in [4.69, 9.17) is 0 Å². The van der Waals surface area contributed by atoms with Crippen LogP contribution >= 0.6 is 7.92 Å². The van der Waals surface area contributed by atoms with Crippen LogP contribution in [0.2, 0.25) is 0 Å². The average Bonchev–Trinajstić information content (AvgIpc) is 2.54. The minimum Gasteiger partial charge on any atom is -0.106 e. The second kappa shape index (κ2) is 4.24. The first-order valence-electron chi connectivity index (χ1n) is 5.10. The van der Waals surface area contributed by atoms with E-state index in [1.165, 1.54) is 31.0 Å². The molecule has 0 bridgehead atoms. The van der Waals surface area contributed by atoms with Crippen LogP contribution in [0.25, 0.3) is 0 Å². The molecule has 2 atom stereocenters. The van der Waals surface area contributed by atoms with Gasteiger partial charge in [-0.1, -0.05) is 30.3 Å². The molecule has 0 aliphatic carbocycles. The van der Waals surface area contributed by atoms with Crippen LogP contribution in [0.4, 0.5) is 0 Å². The molecule has 0 N–H and O–H groups in total. The summed E-state index contributed by atoms with van der Waals surface area (Å²) in [5.74, 6) is 0. The number of benzene rings is 1. The maximum absolute atomic E-state index is 2.47. The highest BCUT2D eigenvalue weighted by Crippen LogP contribution is 2.47. The van der Waals surface area contributed by atoms with Gasteiger partial charge in [-0.15, -0.1) is 7.92 Å². The van der Waals surface area contributed by atoms with E-state index < -0.39 is 0 Å². The molecule has 1 heteroatoms. The number of rotatable bonds is 2. The largest absolute Gasteiger partial charge is 0.106 e. The zero-order chi connectivity index (χ0) is 9.10. The third kappa shape index (κ3) is 2.31. The van der Waals surface area contributed by atoms with Crippen LogP contribution in [-0.4, -0.2) is 18.5 Å². The summed E-state index contributed by atoms with van der Waals surface area (Å²) < 4.78 is 0. The first-order valence-corrected chi connectivity index (χ1v) is 7.15. The van der Waals surface area contributed by atoms with Gasteiger partial charge >= 0.3 is 0 Å². The molecule has 13 heavy (non-hydrogen) atoms. The summed E-state index contributed by atoms with van der Waals surface area (Å²) >= 11 is 0. The van der Waals surface area contributed by atoms with Crippen LogP contribution in [0, 0.1) is 0 Å². The second-order valence-corrected chi connectivity index (χ2v) is 6.66. The summed E-state index contributed by atoms with van der Waals surface area (Å²) in [6.07, 6.45) is 5.77. The van der Waals surface area contributed by atoms with Gasteiger partial charge in [0.05, 0.1) is 0 Å². The fourth-order valence-corrected chi connectivity index (χ4v) is 4.32. The van der Waals surface area contributed by atoms with E-state index in [9.17, 15) is 0 Å². The Labute approximate surface area is 82.1 Å². The van der Waals surface area contributed by atoms with E-state index in [0.717, 1.165) is 5.66 Å². The predicted molar refractivity (Wildman–Crippen MR) is 60.9 cm³/mol. The molecule has 1 aliphatic rings. The molecule has 1 saturated heterocycles. The van der Waals surface area contributed by atoms with Crippen molar-refractivity contribution in [2.45, 2.75) is 24.9 Å². The van der Waals surface area contributed by atoms with E-state index >= 15 is 0 Å². The van der Waals surface area contributed by atoms with Crippen molar-refractivity contribution in [3.8, 4) is 0 Å². The molecular weight excluding hydrogens is 175 g/mol. The molecule has 1 aliphatic heterocycles. The molecule has 0 saturated carbocycles. The standard InChI is InChI=1S/C12H17P/c1-13-9-5-8-12(13)10-11-6-3-2-4-7-11/h2-4,6-7,12H,5,8-10H2,1H3/t12-,13-/m1/s1. The lowest BCUT2D eigenvalue weighted by atomic mass is 10.1. The van der Waals surface area contributed by atoms with E-state index in [0.29, 0.717) is 7.92 Å². The van der Waals surface area contributed by atoms with E-state index in [-0.39, 0.29) is 0 Å². The summed E-state index contributed by atoms with van der Waals surface area (Å²) in [5.41, 5.74) is 2.54. The van der Waals surface area contributed by atoms with Gasteiger partial charge in [0, 0.05) is 0 Å². The van der Waals surface area contributed by atoms with Crippen LogP contribution in [0.5, 0.6) is 0 Å². The normalized spacial score (nSPS) is 27.8. The number of hydrogen-bond donors (Lipinski definition) is 0. The lowest BCUT2D eigenvalue weighted by Crippen LogP contribution is -2.03. The van der Waals surface area contributed by atoms with E-state index in [2.05, 4.69) is 37.0 Å². The molecular formula is C12H17P. The predicted octanol–water partition coefficient (Wildman–Crippen LogP) is 3.50. The van der Waals surface area contributed by atoms with Crippen LogP contribution < -0.4 is 0 Å². The van der Waals surface area contributed by atoms with Gasteiger partial charge in [0.25, 0.3) is 0 Å². The maximum atomic E-state index is 2.47. The molecule has 0 spiro atoms. The van der Waals surface area contributed by atoms with Crippen molar-refractivity contribution < 1.29 is 0 Å². The van der Waals surface area contributed by atoms with Gasteiger partial charge in [0.15, 0.2) is 0 Å². The first-order chi connectivity index (χ1) is 6.36. The van der Waals surface area contributed by atoms with Crippen LogP contribution in [0.1, 0.15) is 18.4 Å². The molecule has 0 unspecified atom stereocenters. The van der Waals surface area contributed by atoms with E-state index in [1.54, 1.807) is 0 Å². The molecule has 2 rings (SSSR count). The molecule has 0 amide bonds. The van der Waals surface area contributed by atoms with Crippen molar-refractivity contribution in [2.75, 3.05) is 12.8 Å². The zero-order valence-corrected chi connectivity index (χ0v) is 9.13. The zero-order valence-electron chi connectivity index (χ0n) is 8.24. The summed E-state index contributed by atoms with van der Waals surface area (Å²) in [6, 6.07) is 10.9. The molecule has 1 aromatic rings. The topological polar surface area (TPSA) is 0 Å². The SMILES string of the molecule is C[P@]1CCC[C@@H]1Cc1ccccc1. The van der Waals surface area contributed by atoms with Gasteiger partial charge in [-0.05, 0) is 43.3 Å². The van der Waals surface area contributed by atoms with Crippen molar-refractivity contribution in [1.82, 2.24) is 0 Å². The van der Waals surface area contributed by atoms with Gasteiger partial charge in [0.2, 0.25) is 0 Å². The van der Waals surface area contributed by atoms with Crippen molar-refractivity contribution in [2.24, 2.45) is 0 Å². The van der Waals surface area contributed by atoms with Gasteiger partial charge in [-0.25, -0.2) is 0 Å². The monoisotopic (exact) mass is 192 g/mol. The lowest BCUT2D eigenvalue weighted by Gasteiger charge is -2.15. The molecule has 0 aromatic heterocycles. The molecule has 70 valence electrons. The van der Waals surface area contributed by atoms with Crippen molar-refractivity contribution in [3.05, 3.63) is 35.9 Å². The Kier molecular flexibility index (Phi) is 3.01. The quantitative estimate of drug-likeness (QED) is 0.629. The van der Waals surface area contributed by atoms with Gasteiger partial charge in [-0.2, -0.15) is 0 Å². The average molecular weight is 192 g/mol. The van der Waals surface area contributed by atoms with Crippen LogP contribution in [0.15, 0.2) is 30.3 Å². The smallest absolute Gasteiger partial charge is 0.0171 e. The van der Waals surface area contributed by atoms with Crippen molar-refractivity contribution >= 4 is 7.92 Å². The highest BCUT2D eigenvalue weighted by atomic mass is 31.1. The van der Waals surface area contributed by atoms with E-state index in [1.807, 2.05) is 0 Å². The summed E-state index contributed by atoms with van der Waals surface area (Å²) in [6.45, 7) is 2.47. The summed E-state index contributed by atoms with van der Waals surface area (Å²) in [5, 5.41) is 0. The van der Waals surface area contributed by atoms with Gasteiger partial charge < -0.3 is 0 Å². The molecule has 0 radical (unpaired) electrons. The molecule has 1 fully saturated rings. The Morgan fingerprint density at radius 1 is 1.31 bits per heavy atom. The minimum atomic E-state index is 0.348. The Morgan fingerprint density at radius 3 is 2.69 bits per heavy atom. The Bertz CT molecular complexity index is 255. The van der Waals surface area contributed by atoms with Gasteiger partial charge in [0.1, 0.15) is 0 Å². The van der Waals surface area contributed by atoms with Gasteiger partial charge in [-0.3, -0.25) is 0 Å². The lowest BCUT2D eigenvalue weighted by molar-refractivity contribution is 0.774. The fourth-order valence-electron chi connectivity index (χ4n) is 2.12. The van der Waals surface area contributed by atoms with Crippen molar-refractivity contribution in [1.29, 1.82) is 0 Å². The Balaban J connectivity index is 1.98. The maximum Gasteiger partial charge on any atom is -0.0171 e. The minimum absolute atomic E-state index is 0.348. The molecule has 1 aromatic carbocycles. The highest BCUT2D eigenvalue weighted by molar-refractivity contribution is 7.57. The Morgan fingerprint density at radius 2 is 2.08 bits per heavy atom. The number of hydrogen-bond acceptors (Lipinski definition) is 0. The van der Waals surface area contributed by atoms with Crippen LogP contribution in [-0.2, 0) is 6.42 Å². The third-order valence-electron chi connectivity index (χ3n) is 2.99. The summed E-state index contributed by atoms with van der Waals surface area (Å²) in [4.78, 5) is 0. The fraction of sp³-hybridized carbons (Fsp3) is 0.500. The van der Waals surface area contributed by atoms with Crippen molar-refractivity contribution in [3.63, 3.8) is 0 Å². The Hall–Kier alpha value is -0.350. The molecule has 1 heterocycles. The highest BCUT2D eigenvalue weighted by Gasteiger charge is 2.22. The summed E-state index contributed by atoms with van der Waals surface area (Å²) in [7, 11) is 0.348. The first kappa shape index (κ1) is 9.21. The second-order valence-electron chi connectivity index (χ2n) is 3.97. The molecule has 0 nitrogen and oxygen atoms in total. The third-order valence-corrected chi connectivity index (χ3v) is 5.69. The van der Waals surface area contributed by atoms with Crippen LogP contribution in [0.3, 0.4) is 0 Å².